The van der Waals surface area contributed by atoms with Gasteiger partial charge in [-0.05, 0) is 31.4 Å². The lowest BCUT2D eigenvalue weighted by molar-refractivity contribution is -0.121. The van der Waals surface area contributed by atoms with Crippen LogP contribution in [-0.4, -0.2) is 35.5 Å². The molecule has 1 unspecified atom stereocenters. The Kier molecular flexibility index (Phi) is 3.47. The molecule has 0 spiro atoms. The third-order valence-electron chi connectivity index (χ3n) is 2.91. The predicted octanol–water partition coefficient (Wildman–Crippen LogP) is 1.15. The van der Waals surface area contributed by atoms with E-state index in [0.717, 1.165) is 30.9 Å². The second kappa shape index (κ2) is 4.87. The van der Waals surface area contributed by atoms with Crippen molar-refractivity contribution in [3.63, 3.8) is 0 Å². The monoisotopic (exact) mass is 254 g/mol. The number of anilines is 1. The van der Waals surface area contributed by atoms with E-state index in [1.807, 2.05) is 17.9 Å². The maximum Gasteiger partial charge on any atom is 0.242 e. The van der Waals surface area contributed by atoms with Crippen molar-refractivity contribution >= 4 is 23.3 Å². The van der Waals surface area contributed by atoms with E-state index in [1.165, 1.54) is 0 Å². The van der Waals surface area contributed by atoms with Crippen LogP contribution in [0.2, 0.25) is 5.28 Å². The van der Waals surface area contributed by atoms with E-state index in [-0.39, 0.29) is 17.2 Å². The fraction of sp³-hybridized carbons (Fsp3) is 0.545. The molecule has 1 atom stereocenters. The summed E-state index contributed by atoms with van der Waals surface area (Å²) in [4.78, 5) is 21.9. The smallest absolute Gasteiger partial charge is 0.242 e. The summed E-state index contributed by atoms with van der Waals surface area (Å²) in [5, 5.41) is 2.90. The molecular formula is C11H15ClN4O. The third-order valence-corrected chi connectivity index (χ3v) is 3.08. The fourth-order valence-corrected chi connectivity index (χ4v) is 2.36. The molecule has 1 fully saturated rings. The molecule has 1 aromatic heterocycles. The number of hydrogen-bond acceptors (Lipinski definition) is 4. The van der Waals surface area contributed by atoms with Crippen molar-refractivity contribution in [2.75, 3.05) is 18.5 Å². The van der Waals surface area contributed by atoms with Gasteiger partial charge in [-0.3, -0.25) is 4.79 Å². The number of carbonyl (C=O) groups is 1. The van der Waals surface area contributed by atoms with Gasteiger partial charge in [0.15, 0.2) is 0 Å². The van der Waals surface area contributed by atoms with Gasteiger partial charge in [0, 0.05) is 25.4 Å². The zero-order valence-corrected chi connectivity index (χ0v) is 10.7. The lowest BCUT2D eigenvalue weighted by atomic mass is 10.2. The molecule has 0 bridgehead atoms. The molecule has 1 saturated heterocycles. The van der Waals surface area contributed by atoms with Crippen molar-refractivity contribution in [2.24, 2.45) is 0 Å². The Balaban J connectivity index is 2.28. The molecule has 92 valence electrons. The van der Waals surface area contributed by atoms with E-state index in [4.69, 9.17) is 11.6 Å². The van der Waals surface area contributed by atoms with Crippen LogP contribution in [0.4, 0.5) is 5.82 Å². The predicted molar refractivity (Wildman–Crippen MR) is 66.2 cm³/mol. The van der Waals surface area contributed by atoms with Crippen molar-refractivity contribution in [3.8, 4) is 0 Å². The minimum Gasteiger partial charge on any atom is -0.357 e. The molecule has 1 aliphatic rings. The SMILES string of the molecule is CNC(=O)C1CCCN1c1cc(C)nc(Cl)n1. The van der Waals surface area contributed by atoms with E-state index in [2.05, 4.69) is 15.3 Å². The molecule has 0 saturated carbocycles. The van der Waals surface area contributed by atoms with Crippen LogP contribution < -0.4 is 10.2 Å². The van der Waals surface area contributed by atoms with E-state index >= 15 is 0 Å². The summed E-state index contributed by atoms with van der Waals surface area (Å²) in [6.45, 7) is 2.69. The van der Waals surface area contributed by atoms with Crippen LogP contribution >= 0.6 is 11.6 Å². The Morgan fingerprint density at radius 2 is 2.35 bits per heavy atom. The Labute approximate surface area is 105 Å². The Morgan fingerprint density at radius 3 is 3.00 bits per heavy atom. The number of aromatic nitrogens is 2. The molecule has 2 heterocycles. The van der Waals surface area contributed by atoms with Gasteiger partial charge >= 0.3 is 0 Å². The topological polar surface area (TPSA) is 58.1 Å². The molecule has 1 amide bonds. The van der Waals surface area contributed by atoms with Gasteiger partial charge in [0.25, 0.3) is 0 Å². The highest BCUT2D eigenvalue weighted by atomic mass is 35.5. The van der Waals surface area contributed by atoms with E-state index in [0.29, 0.717) is 0 Å². The van der Waals surface area contributed by atoms with E-state index in [1.54, 1.807) is 7.05 Å². The van der Waals surface area contributed by atoms with Crippen molar-refractivity contribution in [1.29, 1.82) is 0 Å². The first-order valence-electron chi connectivity index (χ1n) is 5.61. The highest BCUT2D eigenvalue weighted by Gasteiger charge is 2.31. The summed E-state index contributed by atoms with van der Waals surface area (Å²) < 4.78 is 0. The highest BCUT2D eigenvalue weighted by molar-refractivity contribution is 6.28. The van der Waals surface area contributed by atoms with Gasteiger partial charge in [-0.2, -0.15) is 0 Å². The van der Waals surface area contributed by atoms with Crippen molar-refractivity contribution < 1.29 is 4.79 Å². The summed E-state index contributed by atoms with van der Waals surface area (Å²) >= 11 is 5.84. The Bertz CT molecular complexity index is 417. The van der Waals surface area contributed by atoms with Gasteiger partial charge in [-0.1, -0.05) is 0 Å². The van der Waals surface area contributed by atoms with Crippen LogP contribution in [0.25, 0.3) is 0 Å². The first kappa shape index (κ1) is 12.1. The molecule has 6 heteroatoms. The van der Waals surface area contributed by atoms with Crippen molar-refractivity contribution in [1.82, 2.24) is 15.3 Å². The van der Waals surface area contributed by atoms with Crippen LogP contribution in [0, 0.1) is 6.92 Å². The summed E-state index contributed by atoms with van der Waals surface area (Å²) in [5.74, 6) is 0.753. The second-order valence-corrected chi connectivity index (χ2v) is 4.44. The quantitative estimate of drug-likeness (QED) is 0.805. The standard InChI is InChI=1S/C11H15ClN4O/c1-7-6-9(15-11(12)14-7)16-5-3-4-8(16)10(17)13-2/h6,8H,3-5H2,1-2H3,(H,13,17). The first-order chi connectivity index (χ1) is 8.11. The Hall–Kier alpha value is -1.36. The van der Waals surface area contributed by atoms with Crippen LogP contribution in [0.1, 0.15) is 18.5 Å². The third kappa shape index (κ3) is 2.49. The molecule has 17 heavy (non-hydrogen) atoms. The van der Waals surface area contributed by atoms with Gasteiger partial charge in [-0.25, -0.2) is 9.97 Å². The van der Waals surface area contributed by atoms with Gasteiger partial charge in [0.1, 0.15) is 11.9 Å². The number of carbonyl (C=O) groups excluding carboxylic acids is 1. The highest BCUT2D eigenvalue weighted by Crippen LogP contribution is 2.25. The number of hydrogen-bond donors (Lipinski definition) is 1. The maximum absolute atomic E-state index is 11.7. The number of nitrogens with one attached hydrogen (secondary N) is 1. The van der Waals surface area contributed by atoms with Gasteiger partial charge in [0.05, 0.1) is 0 Å². The molecule has 0 aromatic carbocycles. The normalized spacial score (nSPS) is 19.5. The van der Waals surface area contributed by atoms with Crippen LogP contribution in [0.5, 0.6) is 0 Å². The van der Waals surface area contributed by atoms with Crippen molar-refractivity contribution in [2.45, 2.75) is 25.8 Å². The fourth-order valence-electron chi connectivity index (χ4n) is 2.14. The average molecular weight is 255 g/mol. The number of nitrogens with zero attached hydrogens (tertiary/aromatic N) is 3. The number of rotatable bonds is 2. The lowest BCUT2D eigenvalue weighted by Crippen LogP contribution is -2.42. The summed E-state index contributed by atoms with van der Waals surface area (Å²) in [6.07, 6.45) is 1.83. The molecule has 1 aromatic rings. The van der Waals surface area contributed by atoms with Gasteiger partial charge in [0.2, 0.25) is 11.2 Å². The molecular weight excluding hydrogens is 240 g/mol. The Morgan fingerprint density at radius 1 is 1.59 bits per heavy atom. The second-order valence-electron chi connectivity index (χ2n) is 4.10. The van der Waals surface area contributed by atoms with Crippen molar-refractivity contribution in [3.05, 3.63) is 17.0 Å². The zero-order valence-electron chi connectivity index (χ0n) is 9.90. The average Bonchev–Trinajstić information content (AvgIpc) is 2.75. The molecule has 1 aliphatic heterocycles. The molecule has 0 aliphatic carbocycles. The first-order valence-corrected chi connectivity index (χ1v) is 5.99. The minimum absolute atomic E-state index is 0.0230. The molecule has 2 rings (SSSR count). The largest absolute Gasteiger partial charge is 0.357 e. The number of aryl methyl sites for hydroxylation is 1. The number of amides is 1. The zero-order chi connectivity index (χ0) is 12.4. The van der Waals surface area contributed by atoms with E-state index < -0.39 is 0 Å². The maximum atomic E-state index is 11.7. The summed E-state index contributed by atoms with van der Waals surface area (Å²) in [6, 6.07) is 1.71. The lowest BCUT2D eigenvalue weighted by Gasteiger charge is -2.24. The minimum atomic E-state index is -0.148. The summed E-state index contributed by atoms with van der Waals surface area (Å²) in [7, 11) is 1.65. The van der Waals surface area contributed by atoms with Crippen LogP contribution in [0.15, 0.2) is 6.07 Å². The van der Waals surface area contributed by atoms with Crippen LogP contribution in [0.3, 0.4) is 0 Å². The van der Waals surface area contributed by atoms with Gasteiger partial charge in [-0.15, -0.1) is 0 Å². The van der Waals surface area contributed by atoms with Crippen LogP contribution in [-0.2, 0) is 4.79 Å². The number of likely N-dealkylation sites (N-methyl/N-ethyl adjacent to an activating group) is 1. The molecule has 5 nitrogen and oxygen atoms in total. The molecule has 0 radical (unpaired) electrons. The summed E-state index contributed by atoms with van der Waals surface area (Å²) in [5.41, 5.74) is 0.808. The van der Waals surface area contributed by atoms with Gasteiger partial charge < -0.3 is 10.2 Å². The molecule has 1 N–H and O–H groups in total. The number of halogens is 1. The van der Waals surface area contributed by atoms with E-state index in [9.17, 15) is 4.79 Å².